The standard InChI is InChI=1S/C19H19BCl2N2O3/c1-18(2)19(3,4)27-20(26-18)12-9-8-11(10-14(12)22)23-17-24-15-7-5-6-13(21)16(15)25-17/h5-10H,1-4H3,(H,23,24). The Bertz CT molecular complexity index is 1000. The van der Waals surface area contributed by atoms with E-state index in [1.54, 1.807) is 12.1 Å². The third-order valence-corrected chi connectivity index (χ3v) is 5.75. The van der Waals surface area contributed by atoms with E-state index in [0.717, 1.165) is 11.2 Å². The summed E-state index contributed by atoms with van der Waals surface area (Å²) in [6, 6.07) is 11.3. The molecule has 1 aliphatic heterocycles. The third-order valence-electron chi connectivity index (χ3n) is 5.13. The highest BCUT2D eigenvalue weighted by molar-refractivity contribution is 6.65. The van der Waals surface area contributed by atoms with Crippen LogP contribution in [-0.4, -0.2) is 23.3 Å². The lowest BCUT2D eigenvalue weighted by molar-refractivity contribution is 0.00578. The normalized spacial score (nSPS) is 18.2. The number of nitrogens with one attached hydrogen (secondary N) is 1. The molecule has 0 radical (unpaired) electrons. The number of anilines is 2. The van der Waals surface area contributed by atoms with E-state index >= 15 is 0 Å². The molecule has 0 saturated carbocycles. The molecular weight excluding hydrogens is 386 g/mol. The fourth-order valence-corrected chi connectivity index (χ4v) is 3.34. The van der Waals surface area contributed by atoms with E-state index in [-0.39, 0.29) is 0 Å². The van der Waals surface area contributed by atoms with E-state index in [0.29, 0.717) is 27.2 Å². The molecule has 0 bridgehead atoms. The van der Waals surface area contributed by atoms with Crippen molar-refractivity contribution < 1.29 is 13.7 Å². The van der Waals surface area contributed by atoms with Crippen molar-refractivity contribution in [2.24, 2.45) is 0 Å². The van der Waals surface area contributed by atoms with Gasteiger partial charge in [-0.1, -0.05) is 35.3 Å². The van der Waals surface area contributed by atoms with Crippen molar-refractivity contribution in [3.05, 3.63) is 46.4 Å². The van der Waals surface area contributed by atoms with Gasteiger partial charge in [0.2, 0.25) is 0 Å². The predicted molar refractivity (Wildman–Crippen MR) is 109 cm³/mol. The average Bonchev–Trinajstić information content (AvgIpc) is 3.06. The number of oxazole rings is 1. The van der Waals surface area contributed by atoms with Gasteiger partial charge in [-0.05, 0) is 52.0 Å². The summed E-state index contributed by atoms with van der Waals surface area (Å²) in [7, 11) is -0.514. The monoisotopic (exact) mass is 404 g/mol. The molecule has 8 heteroatoms. The van der Waals surface area contributed by atoms with Gasteiger partial charge < -0.3 is 19.0 Å². The Labute approximate surface area is 168 Å². The van der Waals surface area contributed by atoms with Crippen molar-refractivity contribution in [3.8, 4) is 0 Å². The maximum Gasteiger partial charge on any atom is 0.496 e. The lowest BCUT2D eigenvalue weighted by Gasteiger charge is -2.32. The SMILES string of the molecule is CC1(C)OB(c2ccc(Nc3nc4cccc(Cl)c4o3)cc2Cl)OC1(C)C. The summed E-state index contributed by atoms with van der Waals surface area (Å²) in [5.74, 6) is 0. The van der Waals surface area contributed by atoms with Crippen LogP contribution in [0.25, 0.3) is 11.1 Å². The molecule has 4 rings (SSSR count). The van der Waals surface area contributed by atoms with E-state index in [2.05, 4.69) is 10.3 Å². The summed E-state index contributed by atoms with van der Waals surface area (Å²) in [6.45, 7) is 8.04. The van der Waals surface area contributed by atoms with Crippen molar-refractivity contribution in [1.82, 2.24) is 4.98 Å². The molecule has 3 aromatic rings. The fourth-order valence-electron chi connectivity index (χ4n) is 2.86. The molecule has 27 heavy (non-hydrogen) atoms. The van der Waals surface area contributed by atoms with Gasteiger partial charge in [0, 0.05) is 16.2 Å². The van der Waals surface area contributed by atoms with Gasteiger partial charge in [-0.25, -0.2) is 0 Å². The van der Waals surface area contributed by atoms with Crippen LogP contribution in [0.2, 0.25) is 10.0 Å². The molecule has 1 aliphatic rings. The van der Waals surface area contributed by atoms with Crippen LogP contribution < -0.4 is 10.8 Å². The minimum atomic E-state index is -0.514. The zero-order chi connectivity index (χ0) is 19.4. The van der Waals surface area contributed by atoms with Crippen LogP contribution >= 0.6 is 23.2 Å². The van der Waals surface area contributed by atoms with Gasteiger partial charge >= 0.3 is 7.12 Å². The first-order chi connectivity index (χ1) is 12.7. The Morgan fingerprint density at radius 1 is 0.963 bits per heavy atom. The molecule has 2 heterocycles. The number of aromatic nitrogens is 1. The first-order valence-electron chi connectivity index (χ1n) is 8.63. The van der Waals surface area contributed by atoms with E-state index in [1.807, 2.05) is 52.0 Å². The maximum absolute atomic E-state index is 6.49. The molecule has 0 spiro atoms. The summed E-state index contributed by atoms with van der Waals surface area (Å²) in [4.78, 5) is 4.38. The van der Waals surface area contributed by atoms with Crippen LogP contribution in [0.5, 0.6) is 0 Å². The number of halogens is 2. The second-order valence-corrected chi connectivity index (χ2v) is 8.37. The summed E-state index contributed by atoms with van der Waals surface area (Å²) in [6.07, 6.45) is 0. The van der Waals surface area contributed by atoms with Crippen molar-refractivity contribution in [1.29, 1.82) is 0 Å². The molecule has 0 aliphatic carbocycles. The van der Waals surface area contributed by atoms with Crippen molar-refractivity contribution in [2.45, 2.75) is 38.9 Å². The summed E-state index contributed by atoms with van der Waals surface area (Å²) in [5, 5.41) is 4.16. The molecule has 140 valence electrons. The zero-order valence-electron chi connectivity index (χ0n) is 15.5. The maximum atomic E-state index is 6.49. The molecule has 2 aromatic carbocycles. The Balaban J connectivity index is 1.58. The molecule has 1 saturated heterocycles. The Kier molecular flexibility index (Phi) is 4.43. The van der Waals surface area contributed by atoms with E-state index in [4.69, 9.17) is 36.9 Å². The summed E-state index contributed by atoms with van der Waals surface area (Å²) >= 11 is 12.6. The van der Waals surface area contributed by atoms with Gasteiger partial charge in [-0.2, -0.15) is 4.98 Å². The molecule has 1 N–H and O–H groups in total. The molecular formula is C19H19BCl2N2O3. The molecule has 1 aromatic heterocycles. The van der Waals surface area contributed by atoms with Crippen LogP contribution in [0, 0.1) is 0 Å². The number of hydrogen-bond acceptors (Lipinski definition) is 5. The average molecular weight is 405 g/mol. The predicted octanol–water partition coefficient (Wildman–Crippen LogP) is 5.18. The topological polar surface area (TPSA) is 56.5 Å². The quantitative estimate of drug-likeness (QED) is 0.609. The van der Waals surface area contributed by atoms with Gasteiger partial charge in [0.15, 0.2) is 5.58 Å². The first-order valence-corrected chi connectivity index (χ1v) is 9.39. The largest absolute Gasteiger partial charge is 0.496 e. The van der Waals surface area contributed by atoms with Crippen LogP contribution in [0.4, 0.5) is 11.7 Å². The van der Waals surface area contributed by atoms with Crippen molar-refractivity contribution >= 4 is 58.6 Å². The van der Waals surface area contributed by atoms with Crippen molar-refractivity contribution in [2.75, 3.05) is 5.32 Å². The van der Waals surface area contributed by atoms with Crippen LogP contribution in [0.3, 0.4) is 0 Å². The van der Waals surface area contributed by atoms with Crippen LogP contribution in [0.15, 0.2) is 40.8 Å². The van der Waals surface area contributed by atoms with E-state index in [1.165, 1.54) is 0 Å². The molecule has 0 amide bonds. The molecule has 5 nitrogen and oxygen atoms in total. The van der Waals surface area contributed by atoms with Crippen molar-refractivity contribution in [3.63, 3.8) is 0 Å². The number of hydrogen-bond donors (Lipinski definition) is 1. The molecule has 0 atom stereocenters. The number of rotatable bonds is 3. The highest BCUT2D eigenvalue weighted by atomic mass is 35.5. The smallest absolute Gasteiger partial charge is 0.422 e. The van der Waals surface area contributed by atoms with E-state index < -0.39 is 18.3 Å². The van der Waals surface area contributed by atoms with Gasteiger partial charge in [0.25, 0.3) is 6.01 Å². The van der Waals surface area contributed by atoms with Gasteiger partial charge in [-0.15, -0.1) is 0 Å². The van der Waals surface area contributed by atoms with Crippen LogP contribution in [-0.2, 0) is 9.31 Å². The summed E-state index contributed by atoms with van der Waals surface area (Å²) < 4.78 is 17.8. The van der Waals surface area contributed by atoms with E-state index in [9.17, 15) is 0 Å². The number of fused-ring (bicyclic) bond motifs is 1. The van der Waals surface area contributed by atoms with Gasteiger partial charge in [0.1, 0.15) is 5.52 Å². The summed E-state index contributed by atoms with van der Waals surface area (Å²) in [5.41, 5.74) is 1.90. The molecule has 1 fully saturated rings. The molecule has 0 unspecified atom stereocenters. The fraction of sp³-hybridized carbons (Fsp3) is 0.316. The van der Waals surface area contributed by atoms with Crippen LogP contribution in [0.1, 0.15) is 27.7 Å². The number of benzene rings is 2. The first kappa shape index (κ1) is 18.6. The zero-order valence-corrected chi connectivity index (χ0v) is 17.0. The Hall–Kier alpha value is -1.73. The minimum absolute atomic E-state index is 0.345. The Morgan fingerprint density at radius 3 is 2.30 bits per heavy atom. The Morgan fingerprint density at radius 2 is 1.67 bits per heavy atom. The van der Waals surface area contributed by atoms with Gasteiger partial charge in [-0.3, -0.25) is 0 Å². The second kappa shape index (κ2) is 6.42. The third kappa shape index (κ3) is 3.32. The highest BCUT2D eigenvalue weighted by Gasteiger charge is 2.52. The number of para-hydroxylation sites is 1. The second-order valence-electron chi connectivity index (χ2n) is 7.56. The lowest BCUT2D eigenvalue weighted by Crippen LogP contribution is -2.41. The number of nitrogens with zero attached hydrogens (tertiary/aromatic N) is 1. The minimum Gasteiger partial charge on any atom is -0.422 e. The lowest BCUT2D eigenvalue weighted by atomic mass is 9.79. The van der Waals surface area contributed by atoms with Gasteiger partial charge in [0.05, 0.1) is 16.2 Å². The highest BCUT2D eigenvalue weighted by Crippen LogP contribution is 2.37.